The van der Waals surface area contributed by atoms with Crippen LogP contribution in [0.5, 0.6) is 0 Å². The van der Waals surface area contributed by atoms with E-state index < -0.39 is 0 Å². The van der Waals surface area contributed by atoms with Crippen molar-refractivity contribution in [2.75, 3.05) is 5.32 Å². The fourth-order valence-electron chi connectivity index (χ4n) is 2.52. The molecule has 3 aromatic heterocycles. The number of carbonyl (C=O) groups is 1. The number of thiophene rings is 1. The molecule has 1 aromatic carbocycles. The Morgan fingerprint density at radius 1 is 1.23 bits per heavy atom. The van der Waals surface area contributed by atoms with Crippen molar-refractivity contribution < 1.29 is 9.18 Å². The van der Waals surface area contributed by atoms with E-state index in [1.165, 1.54) is 34.8 Å². The van der Waals surface area contributed by atoms with Crippen LogP contribution >= 0.6 is 22.7 Å². The number of halogens is 1. The molecule has 0 unspecified atom stereocenters. The molecule has 0 bridgehead atoms. The molecule has 0 spiro atoms. The highest BCUT2D eigenvalue weighted by molar-refractivity contribution is 7.20. The fraction of sp³-hybridized carbons (Fsp3) is 0.176. The number of nitrogens with zero attached hydrogens (tertiary/aromatic N) is 4. The first-order chi connectivity index (χ1) is 12.5. The molecular formula is C17H14FN5OS2. The summed E-state index contributed by atoms with van der Waals surface area (Å²) in [7, 11) is 0. The lowest BCUT2D eigenvalue weighted by atomic mass is 10.3. The average Bonchev–Trinajstić information content (AvgIpc) is 3.32. The number of hydrogen-bond donors (Lipinski definition) is 1. The summed E-state index contributed by atoms with van der Waals surface area (Å²) >= 11 is 2.70. The van der Waals surface area contributed by atoms with Gasteiger partial charge in [-0.2, -0.15) is 5.10 Å². The molecule has 9 heteroatoms. The first kappa shape index (κ1) is 16.8. The topological polar surface area (TPSA) is 72.7 Å². The zero-order valence-corrected chi connectivity index (χ0v) is 15.6. The second-order valence-corrected chi connectivity index (χ2v) is 7.70. The number of rotatable bonds is 4. The SMILES string of the molecule is CCc1nnc(NC(=O)c2cc3c(C)nn(-c4ccc(F)cc4)c3s2)s1. The minimum atomic E-state index is -0.302. The summed E-state index contributed by atoms with van der Waals surface area (Å²) in [5.74, 6) is -0.529. The van der Waals surface area contributed by atoms with Crippen LogP contribution in [0.2, 0.25) is 0 Å². The van der Waals surface area contributed by atoms with Gasteiger partial charge in [0.05, 0.1) is 16.3 Å². The fourth-order valence-corrected chi connectivity index (χ4v) is 4.27. The first-order valence-corrected chi connectivity index (χ1v) is 9.57. The minimum absolute atomic E-state index is 0.227. The summed E-state index contributed by atoms with van der Waals surface area (Å²) in [5.41, 5.74) is 1.55. The van der Waals surface area contributed by atoms with Gasteiger partial charge in [0.25, 0.3) is 5.91 Å². The van der Waals surface area contributed by atoms with Gasteiger partial charge >= 0.3 is 0 Å². The van der Waals surface area contributed by atoms with Crippen LogP contribution in [0.1, 0.15) is 27.3 Å². The number of aromatic nitrogens is 4. The normalized spacial score (nSPS) is 11.2. The Hall–Kier alpha value is -2.65. The van der Waals surface area contributed by atoms with Crippen molar-refractivity contribution in [2.24, 2.45) is 0 Å². The standard InChI is InChI=1S/C17H14FN5OS2/c1-3-14-20-21-17(26-14)19-15(24)13-8-12-9(2)22-23(16(12)25-13)11-6-4-10(18)5-7-11/h4-8H,3H2,1-2H3,(H,19,21,24). The highest BCUT2D eigenvalue weighted by Gasteiger charge is 2.18. The summed E-state index contributed by atoms with van der Waals surface area (Å²) in [6.07, 6.45) is 0.781. The van der Waals surface area contributed by atoms with Gasteiger partial charge < -0.3 is 0 Å². The molecule has 0 saturated carbocycles. The van der Waals surface area contributed by atoms with Crippen LogP contribution in [0.4, 0.5) is 9.52 Å². The number of carbonyl (C=O) groups excluding carboxylic acids is 1. The number of nitrogens with one attached hydrogen (secondary N) is 1. The lowest BCUT2D eigenvalue weighted by Crippen LogP contribution is -2.09. The predicted molar refractivity (Wildman–Crippen MR) is 101 cm³/mol. The molecule has 0 atom stereocenters. The number of amides is 1. The minimum Gasteiger partial charge on any atom is -0.296 e. The molecule has 4 aromatic rings. The van der Waals surface area contributed by atoms with Crippen molar-refractivity contribution >= 4 is 43.9 Å². The molecule has 6 nitrogen and oxygen atoms in total. The number of aryl methyl sites for hydroxylation is 2. The Labute approximate surface area is 156 Å². The number of fused-ring (bicyclic) bond motifs is 1. The van der Waals surface area contributed by atoms with Crippen LogP contribution in [0.3, 0.4) is 0 Å². The van der Waals surface area contributed by atoms with Gasteiger partial charge in [-0.25, -0.2) is 9.07 Å². The van der Waals surface area contributed by atoms with Crippen LogP contribution in [-0.2, 0) is 6.42 Å². The van der Waals surface area contributed by atoms with Gasteiger partial charge in [0, 0.05) is 5.39 Å². The first-order valence-electron chi connectivity index (χ1n) is 7.94. The van der Waals surface area contributed by atoms with E-state index in [9.17, 15) is 9.18 Å². The van der Waals surface area contributed by atoms with Crippen LogP contribution in [-0.4, -0.2) is 25.9 Å². The van der Waals surface area contributed by atoms with Crippen LogP contribution in [0.15, 0.2) is 30.3 Å². The van der Waals surface area contributed by atoms with Crippen molar-refractivity contribution in [2.45, 2.75) is 20.3 Å². The summed E-state index contributed by atoms with van der Waals surface area (Å²) in [6, 6.07) is 7.92. The van der Waals surface area contributed by atoms with Crippen LogP contribution in [0.25, 0.3) is 15.9 Å². The average molecular weight is 387 g/mol. The Morgan fingerprint density at radius 2 is 2.00 bits per heavy atom. The molecule has 0 fully saturated rings. The van der Waals surface area contributed by atoms with Gasteiger partial charge in [-0.1, -0.05) is 18.3 Å². The van der Waals surface area contributed by atoms with E-state index in [-0.39, 0.29) is 11.7 Å². The van der Waals surface area contributed by atoms with Crippen LogP contribution in [0, 0.1) is 12.7 Å². The van der Waals surface area contributed by atoms with Gasteiger partial charge in [-0.3, -0.25) is 10.1 Å². The number of anilines is 1. The molecule has 0 aliphatic carbocycles. The second kappa shape index (κ2) is 6.58. The highest BCUT2D eigenvalue weighted by atomic mass is 32.1. The summed E-state index contributed by atoms with van der Waals surface area (Å²) in [5, 5.41) is 17.5. The monoisotopic (exact) mass is 387 g/mol. The van der Waals surface area contributed by atoms with Crippen molar-refractivity contribution in [3.63, 3.8) is 0 Å². The Kier molecular flexibility index (Phi) is 4.25. The molecule has 0 aliphatic rings. The second-order valence-electron chi connectivity index (χ2n) is 5.61. The Morgan fingerprint density at radius 3 is 2.69 bits per heavy atom. The van der Waals surface area contributed by atoms with Gasteiger partial charge in [-0.15, -0.1) is 21.5 Å². The Bertz CT molecular complexity index is 1100. The molecule has 1 N–H and O–H groups in total. The number of benzene rings is 1. The molecular weight excluding hydrogens is 373 g/mol. The highest BCUT2D eigenvalue weighted by Crippen LogP contribution is 2.31. The third-order valence-electron chi connectivity index (χ3n) is 3.83. The van der Waals surface area contributed by atoms with Crippen LogP contribution < -0.4 is 5.32 Å². The molecule has 0 aliphatic heterocycles. The van der Waals surface area contributed by atoms with E-state index in [0.717, 1.165) is 33.0 Å². The third-order valence-corrected chi connectivity index (χ3v) is 5.92. The maximum absolute atomic E-state index is 13.2. The summed E-state index contributed by atoms with van der Waals surface area (Å²) in [4.78, 5) is 13.9. The third kappa shape index (κ3) is 2.99. The van der Waals surface area contributed by atoms with E-state index in [1.54, 1.807) is 16.8 Å². The molecule has 3 heterocycles. The zero-order chi connectivity index (χ0) is 18.3. The summed E-state index contributed by atoms with van der Waals surface area (Å²) in [6.45, 7) is 3.87. The molecule has 26 heavy (non-hydrogen) atoms. The smallest absolute Gasteiger partial charge is 0.267 e. The molecule has 1 amide bonds. The lowest BCUT2D eigenvalue weighted by molar-refractivity contribution is 0.103. The van der Waals surface area contributed by atoms with Gasteiger partial charge in [0.2, 0.25) is 5.13 Å². The van der Waals surface area contributed by atoms with Gasteiger partial charge in [0.15, 0.2) is 0 Å². The van der Waals surface area contributed by atoms with Crippen molar-refractivity contribution in [3.05, 3.63) is 51.7 Å². The molecule has 4 rings (SSSR count). The quantitative estimate of drug-likeness (QED) is 0.570. The van der Waals surface area contributed by atoms with Gasteiger partial charge in [-0.05, 0) is 43.7 Å². The predicted octanol–water partition coefficient (Wildman–Crippen LogP) is 4.20. The van der Waals surface area contributed by atoms with E-state index in [0.29, 0.717) is 10.0 Å². The lowest BCUT2D eigenvalue weighted by Gasteiger charge is -2.02. The molecule has 0 saturated heterocycles. The largest absolute Gasteiger partial charge is 0.296 e. The molecule has 0 radical (unpaired) electrons. The molecule has 132 valence electrons. The Balaban J connectivity index is 1.68. The van der Waals surface area contributed by atoms with E-state index in [2.05, 4.69) is 20.6 Å². The maximum Gasteiger partial charge on any atom is 0.267 e. The van der Waals surface area contributed by atoms with Crippen molar-refractivity contribution in [1.29, 1.82) is 0 Å². The maximum atomic E-state index is 13.2. The van der Waals surface area contributed by atoms with E-state index in [1.807, 2.05) is 19.9 Å². The van der Waals surface area contributed by atoms with Gasteiger partial charge in [0.1, 0.15) is 15.7 Å². The summed E-state index contributed by atoms with van der Waals surface area (Å²) < 4.78 is 14.9. The number of hydrogen-bond acceptors (Lipinski definition) is 6. The zero-order valence-electron chi connectivity index (χ0n) is 14.0. The van der Waals surface area contributed by atoms with E-state index in [4.69, 9.17) is 0 Å². The van der Waals surface area contributed by atoms with Crippen molar-refractivity contribution in [3.8, 4) is 5.69 Å². The van der Waals surface area contributed by atoms with E-state index >= 15 is 0 Å². The van der Waals surface area contributed by atoms with Crippen molar-refractivity contribution in [1.82, 2.24) is 20.0 Å².